The molecule has 2 heterocycles. The van der Waals surface area contributed by atoms with Crippen LogP contribution in [0.25, 0.3) is 10.7 Å². The Balaban J connectivity index is 2.05. The minimum Gasteiger partial charge on any atom is -0.496 e. The zero-order chi connectivity index (χ0) is 13.5. The predicted octanol–water partition coefficient (Wildman–Crippen LogP) is 1.37. The largest absolute Gasteiger partial charge is 0.496 e. The second-order valence-corrected chi connectivity index (χ2v) is 5.37. The average molecular weight is 280 g/mol. The summed E-state index contributed by atoms with van der Waals surface area (Å²) in [6, 6.07) is 1.81. The van der Waals surface area contributed by atoms with Gasteiger partial charge in [-0.25, -0.2) is 9.48 Å². The lowest BCUT2D eigenvalue weighted by Gasteiger charge is -2.37. The summed E-state index contributed by atoms with van der Waals surface area (Å²) in [6.07, 6.45) is 1.99. The van der Waals surface area contributed by atoms with Crippen molar-refractivity contribution in [1.82, 2.24) is 20.2 Å². The van der Waals surface area contributed by atoms with E-state index in [1.807, 2.05) is 5.38 Å². The quantitative estimate of drug-likeness (QED) is 0.909. The summed E-state index contributed by atoms with van der Waals surface area (Å²) in [7, 11) is 1.58. The Morgan fingerprint density at radius 3 is 2.89 bits per heavy atom. The summed E-state index contributed by atoms with van der Waals surface area (Å²) in [5.41, 5.74) is -0.990. The lowest BCUT2D eigenvalue weighted by molar-refractivity contribution is -0.153. The van der Waals surface area contributed by atoms with Crippen molar-refractivity contribution in [2.75, 3.05) is 7.11 Å². The van der Waals surface area contributed by atoms with Crippen molar-refractivity contribution in [3.63, 3.8) is 0 Å². The highest BCUT2D eigenvalue weighted by Gasteiger charge is 2.49. The summed E-state index contributed by atoms with van der Waals surface area (Å²) >= 11 is 1.43. The van der Waals surface area contributed by atoms with Crippen molar-refractivity contribution in [1.29, 1.82) is 0 Å². The summed E-state index contributed by atoms with van der Waals surface area (Å²) < 4.78 is 6.56. The number of aromatic nitrogens is 4. The molecule has 19 heavy (non-hydrogen) atoms. The number of thiophene rings is 1. The van der Waals surface area contributed by atoms with Gasteiger partial charge < -0.3 is 9.84 Å². The van der Waals surface area contributed by atoms with E-state index in [0.717, 1.165) is 11.3 Å². The van der Waals surface area contributed by atoms with Crippen LogP contribution in [0, 0.1) is 0 Å². The molecule has 2 aromatic heterocycles. The van der Waals surface area contributed by atoms with Crippen LogP contribution >= 0.6 is 11.3 Å². The first-order chi connectivity index (χ1) is 9.17. The van der Waals surface area contributed by atoms with E-state index in [2.05, 4.69) is 15.5 Å². The van der Waals surface area contributed by atoms with Gasteiger partial charge in [0.25, 0.3) is 0 Å². The maximum Gasteiger partial charge on any atom is 0.331 e. The first-order valence-electron chi connectivity index (χ1n) is 5.82. The van der Waals surface area contributed by atoms with Crippen LogP contribution in [-0.4, -0.2) is 38.4 Å². The summed E-state index contributed by atoms with van der Waals surface area (Å²) in [5, 5.41) is 22.7. The normalized spacial score (nSPS) is 16.9. The van der Waals surface area contributed by atoms with Crippen LogP contribution in [0.5, 0.6) is 5.75 Å². The molecule has 0 aromatic carbocycles. The second kappa shape index (κ2) is 4.30. The molecule has 7 nitrogen and oxygen atoms in total. The van der Waals surface area contributed by atoms with E-state index in [1.54, 1.807) is 13.2 Å². The standard InChI is InChI=1S/C11H12N4O3S/c1-18-7-5-8(19-6-7)9-12-13-14-15(9)11(10(16)17)3-2-4-11/h5-6H,2-4H2,1H3,(H,16,17). The van der Waals surface area contributed by atoms with Gasteiger partial charge in [-0.1, -0.05) is 0 Å². The van der Waals surface area contributed by atoms with Crippen LogP contribution in [0.15, 0.2) is 11.4 Å². The minimum absolute atomic E-state index is 0.482. The molecule has 0 bridgehead atoms. The van der Waals surface area contributed by atoms with E-state index < -0.39 is 11.5 Å². The fraction of sp³-hybridized carbons (Fsp3) is 0.455. The summed E-state index contributed by atoms with van der Waals surface area (Å²) in [4.78, 5) is 12.3. The van der Waals surface area contributed by atoms with Gasteiger partial charge >= 0.3 is 5.97 Å². The number of rotatable bonds is 4. The van der Waals surface area contributed by atoms with Crippen LogP contribution in [0.3, 0.4) is 0 Å². The Bertz CT molecular complexity index is 617. The topological polar surface area (TPSA) is 90.1 Å². The highest BCUT2D eigenvalue weighted by atomic mass is 32.1. The van der Waals surface area contributed by atoms with Gasteiger partial charge in [-0.05, 0) is 29.7 Å². The van der Waals surface area contributed by atoms with Crippen LogP contribution in [0.1, 0.15) is 19.3 Å². The molecule has 3 rings (SSSR count). The van der Waals surface area contributed by atoms with Crippen LogP contribution in [0.2, 0.25) is 0 Å². The first kappa shape index (κ1) is 12.1. The lowest BCUT2D eigenvalue weighted by atomic mass is 9.77. The third-order valence-electron chi connectivity index (χ3n) is 3.49. The number of ether oxygens (including phenoxy) is 1. The third-order valence-corrected chi connectivity index (χ3v) is 4.39. The van der Waals surface area contributed by atoms with Crippen LogP contribution in [0.4, 0.5) is 0 Å². The van der Waals surface area contributed by atoms with Gasteiger partial charge in [-0.3, -0.25) is 0 Å². The molecule has 0 radical (unpaired) electrons. The van der Waals surface area contributed by atoms with E-state index >= 15 is 0 Å². The highest BCUT2D eigenvalue weighted by Crippen LogP contribution is 2.42. The maximum absolute atomic E-state index is 11.5. The fourth-order valence-corrected chi connectivity index (χ4v) is 3.02. The number of hydrogen-bond acceptors (Lipinski definition) is 6. The number of carboxylic acids is 1. The molecule has 1 aliphatic rings. The number of carbonyl (C=O) groups is 1. The molecule has 0 unspecified atom stereocenters. The minimum atomic E-state index is -0.990. The Hall–Kier alpha value is -1.96. The molecule has 1 aliphatic carbocycles. The van der Waals surface area contributed by atoms with Gasteiger partial charge in [0.2, 0.25) is 0 Å². The van der Waals surface area contributed by atoms with Crippen molar-refractivity contribution in [3.05, 3.63) is 11.4 Å². The number of hydrogen-bond donors (Lipinski definition) is 1. The molecule has 8 heteroatoms. The third kappa shape index (κ3) is 1.71. The van der Waals surface area contributed by atoms with E-state index in [4.69, 9.17) is 4.74 Å². The van der Waals surface area contributed by atoms with Crippen LogP contribution in [-0.2, 0) is 10.3 Å². The van der Waals surface area contributed by atoms with Gasteiger partial charge in [0.05, 0.1) is 12.0 Å². The monoisotopic (exact) mass is 280 g/mol. The molecule has 0 aliphatic heterocycles. The highest BCUT2D eigenvalue weighted by molar-refractivity contribution is 7.13. The molecule has 1 saturated carbocycles. The van der Waals surface area contributed by atoms with E-state index in [1.165, 1.54) is 16.0 Å². The van der Waals surface area contributed by atoms with Gasteiger partial charge in [0, 0.05) is 11.4 Å². The molecule has 0 amide bonds. The zero-order valence-electron chi connectivity index (χ0n) is 10.2. The van der Waals surface area contributed by atoms with Gasteiger partial charge in [-0.15, -0.1) is 16.4 Å². The molecule has 1 fully saturated rings. The van der Waals surface area contributed by atoms with Gasteiger partial charge in [-0.2, -0.15) is 0 Å². The smallest absolute Gasteiger partial charge is 0.331 e. The molecule has 100 valence electrons. The summed E-state index contributed by atoms with van der Waals surface area (Å²) in [5.74, 6) is 0.318. The molecule has 0 spiro atoms. The molecular weight excluding hydrogens is 268 g/mol. The number of tetrazole rings is 1. The van der Waals surface area contributed by atoms with E-state index in [9.17, 15) is 9.90 Å². The summed E-state index contributed by atoms with van der Waals surface area (Å²) in [6.45, 7) is 0. The fourth-order valence-electron chi connectivity index (χ4n) is 2.20. The van der Waals surface area contributed by atoms with Crippen LogP contribution < -0.4 is 4.74 Å². The number of carboxylic acid groups (broad SMARTS) is 1. The first-order valence-corrected chi connectivity index (χ1v) is 6.70. The molecule has 0 saturated heterocycles. The lowest BCUT2D eigenvalue weighted by Crippen LogP contribution is -2.48. The van der Waals surface area contributed by atoms with E-state index in [0.29, 0.717) is 24.4 Å². The molecule has 0 atom stereocenters. The van der Waals surface area contributed by atoms with E-state index in [-0.39, 0.29) is 0 Å². The maximum atomic E-state index is 11.5. The SMILES string of the molecule is COc1csc(-c2nnnn2C2(C(=O)O)CCC2)c1. The number of aliphatic carboxylic acids is 1. The van der Waals surface area contributed by atoms with Crippen molar-refractivity contribution in [2.45, 2.75) is 24.8 Å². The Morgan fingerprint density at radius 1 is 1.58 bits per heavy atom. The Kier molecular flexibility index (Phi) is 2.74. The van der Waals surface area contributed by atoms with Crippen molar-refractivity contribution >= 4 is 17.3 Å². The number of methoxy groups -OCH3 is 1. The Morgan fingerprint density at radius 2 is 2.37 bits per heavy atom. The Labute approximate surface area is 112 Å². The molecule has 1 N–H and O–H groups in total. The molecular formula is C11H12N4O3S. The van der Waals surface area contributed by atoms with Crippen molar-refractivity contribution in [3.8, 4) is 16.5 Å². The molecule has 2 aromatic rings. The van der Waals surface area contributed by atoms with Gasteiger partial charge in [0.1, 0.15) is 5.75 Å². The zero-order valence-corrected chi connectivity index (χ0v) is 11.1. The average Bonchev–Trinajstić information content (AvgIpc) is 2.94. The number of nitrogens with zero attached hydrogens (tertiary/aromatic N) is 4. The van der Waals surface area contributed by atoms with Crippen molar-refractivity contribution in [2.24, 2.45) is 0 Å². The van der Waals surface area contributed by atoms with Gasteiger partial charge in [0.15, 0.2) is 11.4 Å². The predicted molar refractivity (Wildman–Crippen MR) is 67.1 cm³/mol. The second-order valence-electron chi connectivity index (χ2n) is 4.46. The van der Waals surface area contributed by atoms with Crippen molar-refractivity contribution < 1.29 is 14.6 Å².